The van der Waals surface area contributed by atoms with Crippen LogP contribution in [0.3, 0.4) is 0 Å². The van der Waals surface area contributed by atoms with Crippen LogP contribution in [0, 0.1) is 5.82 Å². The highest BCUT2D eigenvalue weighted by molar-refractivity contribution is 5.77. The van der Waals surface area contributed by atoms with Gasteiger partial charge in [0.25, 0.3) is 5.91 Å². The molecule has 5 heteroatoms. The van der Waals surface area contributed by atoms with Crippen LogP contribution in [0.4, 0.5) is 4.39 Å². The Morgan fingerprint density at radius 2 is 2.10 bits per heavy atom. The van der Waals surface area contributed by atoms with Gasteiger partial charge in [0.2, 0.25) is 0 Å². The van der Waals surface area contributed by atoms with E-state index in [0.29, 0.717) is 18.7 Å². The van der Waals surface area contributed by atoms with Gasteiger partial charge in [-0.25, -0.2) is 4.39 Å². The zero-order valence-electron chi connectivity index (χ0n) is 12.4. The molecule has 20 heavy (non-hydrogen) atoms. The number of hydrogen-bond donors (Lipinski definition) is 1. The van der Waals surface area contributed by atoms with Gasteiger partial charge in [-0.3, -0.25) is 4.79 Å². The maximum atomic E-state index is 13.5. The maximum Gasteiger partial charge on any atom is 0.260 e. The lowest BCUT2D eigenvalue weighted by atomic mass is 10.0. The molecule has 0 bridgehead atoms. The van der Waals surface area contributed by atoms with Crippen molar-refractivity contribution in [1.29, 1.82) is 0 Å². The van der Waals surface area contributed by atoms with Gasteiger partial charge in [-0.15, -0.1) is 0 Å². The van der Waals surface area contributed by atoms with Gasteiger partial charge in [0.15, 0.2) is 6.61 Å². The van der Waals surface area contributed by atoms with Crippen LogP contribution in [0.1, 0.15) is 25.8 Å². The van der Waals surface area contributed by atoms with E-state index >= 15 is 0 Å². The molecule has 0 fully saturated rings. The molecule has 1 aromatic carbocycles. The summed E-state index contributed by atoms with van der Waals surface area (Å²) in [4.78, 5) is 13.2. The topological polar surface area (TPSA) is 55.6 Å². The van der Waals surface area contributed by atoms with Gasteiger partial charge in [0, 0.05) is 25.7 Å². The zero-order chi connectivity index (χ0) is 15.1. The minimum absolute atomic E-state index is 0.00231. The third-order valence-electron chi connectivity index (χ3n) is 3.22. The molecule has 1 unspecified atom stereocenters. The van der Waals surface area contributed by atoms with E-state index in [1.54, 1.807) is 18.0 Å². The van der Waals surface area contributed by atoms with Crippen LogP contribution in [-0.4, -0.2) is 37.0 Å². The fourth-order valence-corrected chi connectivity index (χ4v) is 1.70. The van der Waals surface area contributed by atoms with E-state index in [1.807, 2.05) is 13.8 Å². The Balaban J connectivity index is 2.68. The van der Waals surface area contributed by atoms with Crippen molar-refractivity contribution in [3.05, 3.63) is 29.6 Å². The van der Waals surface area contributed by atoms with Crippen LogP contribution >= 0.6 is 0 Å². The number of amides is 1. The summed E-state index contributed by atoms with van der Waals surface area (Å²) in [6.45, 7) is 4.39. The van der Waals surface area contributed by atoms with Gasteiger partial charge in [-0.1, -0.05) is 6.92 Å². The molecule has 0 heterocycles. The van der Waals surface area contributed by atoms with Crippen molar-refractivity contribution in [2.24, 2.45) is 5.73 Å². The molecule has 1 atom stereocenters. The lowest BCUT2D eigenvalue weighted by molar-refractivity contribution is -0.131. The minimum Gasteiger partial charge on any atom is -0.484 e. The largest absolute Gasteiger partial charge is 0.484 e. The van der Waals surface area contributed by atoms with Crippen LogP contribution in [0.15, 0.2) is 18.2 Å². The third-order valence-corrected chi connectivity index (χ3v) is 3.22. The number of rotatable bonds is 7. The number of benzene rings is 1. The summed E-state index contributed by atoms with van der Waals surface area (Å²) in [6, 6.07) is 4.46. The van der Waals surface area contributed by atoms with Crippen molar-refractivity contribution in [3.63, 3.8) is 0 Å². The predicted molar refractivity (Wildman–Crippen MR) is 77.2 cm³/mol. The molecule has 4 nitrogen and oxygen atoms in total. The molecular formula is C15H23FN2O2. The second-order valence-corrected chi connectivity index (χ2v) is 4.86. The molecule has 0 spiro atoms. The second kappa shape index (κ2) is 7.85. The quantitative estimate of drug-likeness (QED) is 0.832. The van der Waals surface area contributed by atoms with Crippen LogP contribution in [0.25, 0.3) is 0 Å². The molecule has 0 aromatic heterocycles. The summed E-state index contributed by atoms with van der Waals surface area (Å²) in [5.74, 6) is -0.151. The highest BCUT2D eigenvalue weighted by Crippen LogP contribution is 2.18. The molecule has 1 amide bonds. The van der Waals surface area contributed by atoms with Crippen LogP contribution in [0.5, 0.6) is 5.75 Å². The zero-order valence-corrected chi connectivity index (χ0v) is 12.4. The lowest BCUT2D eigenvalue weighted by Crippen LogP contribution is -2.31. The molecule has 0 saturated heterocycles. The number of carbonyl (C=O) groups excluding carboxylic acids is 1. The van der Waals surface area contributed by atoms with Gasteiger partial charge in [0.05, 0.1) is 0 Å². The average Bonchev–Trinajstić information content (AvgIpc) is 2.43. The Hall–Kier alpha value is -1.62. The summed E-state index contributed by atoms with van der Waals surface area (Å²) < 4.78 is 18.9. The first-order valence-electron chi connectivity index (χ1n) is 6.88. The summed E-state index contributed by atoms with van der Waals surface area (Å²) in [5.41, 5.74) is 6.64. The van der Waals surface area contributed by atoms with Crippen LogP contribution < -0.4 is 10.5 Å². The van der Waals surface area contributed by atoms with Gasteiger partial charge >= 0.3 is 0 Å². The molecule has 0 radical (unpaired) electrons. The number of carbonyl (C=O) groups is 1. The monoisotopic (exact) mass is 282 g/mol. The molecule has 0 aliphatic carbocycles. The minimum atomic E-state index is -0.378. The van der Waals surface area contributed by atoms with Crippen molar-refractivity contribution in [3.8, 4) is 5.75 Å². The molecule has 0 saturated carbocycles. The van der Waals surface area contributed by atoms with E-state index in [4.69, 9.17) is 10.5 Å². The fourth-order valence-electron chi connectivity index (χ4n) is 1.70. The van der Waals surface area contributed by atoms with Gasteiger partial charge < -0.3 is 15.4 Å². The van der Waals surface area contributed by atoms with E-state index < -0.39 is 0 Å². The first-order valence-corrected chi connectivity index (χ1v) is 6.88. The van der Waals surface area contributed by atoms with Crippen molar-refractivity contribution in [2.75, 3.05) is 20.2 Å². The first-order chi connectivity index (χ1) is 9.46. The lowest BCUT2D eigenvalue weighted by Gasteiger charge is -2.15. The Bertz CT molecular complexity index is 451. The van der Waals surface area contributed by atoms with Crippen molar-refractivity contribution >= 4 is 5.91 Å². The highest BCUT2D eigenvalue weighted by atomic mass is 19.1. The Labute approximate surface area is 119 Å². The number of ether oxygens (including phenoxy) is 1. The SMILES string of the molecule is CCC(N)Cc1cc(F)cc(OCC(=O)N(C)CC)c1. The molecule has 112 valence electrons. The van der Waals surface area contributed by atoms with Gasteiger partial charge in [-0.05, 0) is 37.5 Å². The molecule has 2 N–H and O–H groups in total. The molecule has 0 aliphatic heterocycles. The maximum absolute atomic E-state index is 13.5. The van der Waals surface area contributed by atoms with Crippen molar-refractivity contribution in [1.82, 2.24) is 4.90 Å². The normalized spacial score (nSPS) is 12.1. The van der Waals surface area contributed by atoms with E-state index in [2.05, 4.69) is 0 Å². The Morgan fingerprint density at radius 1 is 1.40 bits per heavy atom. The molecule has 0 aliphatic rings. The smallest absolute Gasteiger partial charge is 0.260 e. The number of nitrogens with zero attached hydrogens (tertiary/aromatic N) is 1. The Kier molecular flexibility index (Phi) is 6.45. The predicted octanol–water partition coefficient (Wildman–Crippen LogP) is 1.96. The van der Waals surface area contributed by atoms with Crippen molar-refractivity contribution < 1.29 is 13.9 Å². The van der Waals surface area contributed by atoms with Crippen LogP contribution in [0.2, 0.25) is 0 Å². The summed E-state index contributed by atoms with van der Waals surface area (Å²) in [7, 11) is 1.70. The first kappa shape index (κ1) is 16.4. The molecule has 1 aromatic rings. The number of nitrogens with two attached hydrogens (primary N) is 1. The van der Waals surface area contributed by atoms with Gasteiger partial charge in [-0.2, -0.15) is 0 Å². The third kappa shape index (κ3) is 5.17. The summed E-state index contributed by atoms with van der Waals surface area (Å²) >= 11 is 0. The van der Waals surface area contributed by atoms with Gasteiger partial charge in [0.1, 0.15) is 11.6 Å². The highest BCUT2D eigenvalue weighted by Gasteiger charge is 2.10. The summed E-state index contributed by atoms with van der Waals surface area (Å²) in [6.07, 6.45) is 1.42. The molecule has 1 rings (SSSR count). The van der Waals surface area contributed by atoms with E-state index in [-0.39, 0.29) is 24.4 Å². The number of likely N-dealkylation sites (N-methyl/N-ethyl adjacent to an activating group) is 1. The number of halogens is 1. The van der Waals surface area contributed by atoms with E-state index in [0.717, 1.165) is 12.0 Å². The standard InChI is InChI=1S/C15H23FN2O2/c1-4-13(17)7-11-6-12(16)9-14(8-11)20-10-15(19)18(3)5-2/h6,8-9,13H,4-5,7,10,17H2,1-3H3. The molecular weight excluding hydrogens is 259 g/mol. The van der Waals surface area contributed by atoms with Crippen LogP contribution in [-0.2, 0) is 11.2 Å². The summed E-state index contributed by atoms with van der Waals surface area (Å²) in [5, 5.41) is 0. The fraction of sp³-hybridized carbons (Fsp3) is 0.533. The Morgan fingerprint density at radius 3 is 2.70 bits per heavy atom. The van der Waals surface area contributed by atoms with E-state index in [1.165, 1.54) is 12.1 Å². The van der Waals surface area contributed by atoms with Crippen molar-refractivity contribution in [2.45, 2.75) is 32.7 Å². The average molecular weight is 282 g/mol. The number of hydrogen-bond acceptors (Lipinski definition) is 3. The van der Waals surface area contributed by atoms with E-state index in [9.17, 15) is 9.18 Å². The second-order valence-electron chi connectivity index (χ2n) is 4.86.